The molecule has 0 aromatic carbocycles. The normalized spacial score (nSPS) is 11.0. The molecule has 0 unspecified atom stereocenters. The maximum atomic E-state index is 10.7. The number of hydrogen-bond acceptors (Lipinski definition) is 5. The van der Waals surface area contributed by atoms with E-state index in [9.17, 15) is 4.79 Å². The van der Waals surface area contributed by atoms with Gasteiger partial charge in [-0.1, -0.05) is 25.6 Å². The second kappa shape index (κ2) is 6.04. The van der Waals surface area contributed by atoms with Crippen molar-refractivity contribution >= 4 is 17.7 Å². The summed E-state index contributed by atoms with van der Waals surface area (Å²) in [7, 11) is 0. The van der Waals surface area contributed by atoms with E-state index in [1.807, 2.05) is 32.9 Å². The van der Waals surface area contributed by atoms with Crippen LogP contribution in [-0.4, -0.2) is 36.6 Å². The lowest BCUT2D eigenvalue weighted by molar-refractivity contribution is -0.133. The third kappa shape index (κ3) is 3.36. The van der Waals surface area contributed by atoms with E-state index in [1.165, 1.54) is 18.1 Å². The monoisotopic (exact) mass is 292 g/mol. The predicted molar refractivity (Wildman–Crippen MR) is 76.3 cm³/mol. The molecule has 0 spiro atoms. The van der Waals surface area contributed by atoms with Crippen LogP contribution in [-0.2, 0) is 4.79 Å². The Morgan fingerprint density at radius 1 is 1.40 bits per heavy atom. The van der Waals surface area contributed by atoms with Crippen molar-refractivity contribution in [2.45, 2.75) is 31.7 Å². The van der Waals surface area contributed by atoms with Crippen LogP contribution in [0.15, 0.2) is 23.5 Å². The molecule has 2 aromatic heterocycles. The summed E-state index contributed by atoms with van der Waals surface area (Å²) in [6, 6.07) is 3.73. The number of carboxylic acid groups (broad SMARTS) is 1. The van der Waals surface area contributed by atoms with Gasteiger partial charge in [-0.05, 0) is 18.9 Å². The first-order valence-corrected chi connectivity index (χ1v) is 7.19. The van der Waals surface area contributed by atoms with Crippen LogP contribution >= 0.6 is 11.8 Å². The summed E-state index contributed by atoms with van der Waals surface area (Å²) in [5.74, 6) is 0.0566. The van der Waals surface area contributed by atoms with E-state index in [1.54, 1.807) is 4.68 Å². The highest BCUT2D eigenvalue weighted by Crippen LogP contribution is 2.25. The Kier molecular flexibility index (Phi) is 4.39. The first-order valence-electron chi connectivity index (χ1n) is 6.21. The highest BCUT2D eigenvalue weighted by atomic mass is 32.2. The van der Waals surface area contributed by atoms with Crippen molar-refractivity contribution in [2.75, 3.05) is 5.75 Å². The second-order valence-electron chi connectivity index (χ2n) is 4.67. The average Bonchev–Trinajstić information content (AvgIpc) is 2.80. The number of rotatable bonds is 5. The summed E-state index contributed by atoms with van der Waals surface area (Å²) in [4.78, 5) is 19.0. The zero-order valence-electron chi connectivity index (χ0n) is 11.6. The van der Waals surface area contributed by atoms with Crippen LogP contribution in [0.2, 0.25) is 0 Å². The van der Waals surface area contributed by atoms with Crippen molar-refractivity contribution in [1.29, 1.82) is 0 Å². The summed E-state index contributed by atoms with van der Waals surface area (Å²) in [5.41, 5.74) is 1.75. The van der Waals surface area contributed by atoms with Crippen molar-refractivity contribution in [3.63, 3.8) is 0 Å². The van der Waals surface area contributed by atoms with Gasteiger partial charge in [-0.25, -0.2) is 14.6 Å². The minimum Gasteiger partial charge on any atom is -0.481 e. The van der Waals surface area contributed by atoms with Crippen LogP contribution in [0, 0.1) is 6.92 Å². The number of thioether (sulfide) groups is 1. The molecule has 0 aliphatic heterocycles. The fourth-order valence-electron chi connectivity index (χ4n) is 1.62. The molecule has 2 heterocycles. The van der Waals surface area contributed by atoms with Crippen LogP contribution < -0.4 is 0 Å². The van der Waals surface area contributed by atoms with Gasteiger partial charge < -0.3 is 5.11 Å². The Bertz CT molecular complexity index is 625. The zero-order chi connectivity index (χ0) is 14.7. The number of carboxylic acids is 1. The molecule has 0 bridgehead atoms. The quantitative estimate of drug-likeness (QED) is 0.851. The molecule has 0 amide bonds. The molecule has 20 heavy (non-hydrogen) atoms. The van der Waals surface area contributed by atoms with Gasteiger partial charge in [-0.15, -0.1) is 0 Å². The molecule has 1 N–H and O–H groups in total. The van der Waals surface area contributed by atoms with Gasteiger partial charge in [0.05, 0.1) is 11.4 Å². The van der Waals surface area contributed by atoms with E-state index in [4.69, 9.17) is 5.11 Å². The molecule has 0 saturated heterocycles. The molecular weight excluding hydrogens is 276 g/mol. The zero-order valence-corrected chi connectivity index (χ0v) is 12.4. The molecule has 0 fully saturated rings. The molecule has 106 valence electrons. The smallest absolute Gasteiger partial charge is 0.313 e. The summed E-state index contributed by atoms with van der Waals surface area (Å²) in [6.45, 7) is 5.97. The highest BCUT2D eigenvalue weighted by molar-refractivity contribution is 7.99. The highest BCUT2D eigenvalue weighted by Gasteiger charge is 2.14. The SMILES string of the molecule is Cc1cc(-n2nc(C(C)C)cc2SCC(=O)O)ncn1. The number of nitrogens with zero attached hydrogens (tertiary/aromatic N) is 4. The van der Waals surface area contributed by atoms with E-state index >= 15 is 0 Å². The van der Waals surface area contributed by atoms with E-state index in [2.05, 4.69) is 15.1 Å². The maximum Gasteiger partial charge on any atom is 0.313 e. The molecule has 7 heteroatoms. The molecule has 2 aromatic rings. The van der Waals surface area contributed by atoms with E-state index < -0.39 is 5.97 Å². The largest absolute Gasteiger partial charge is 0.481 e. The van der Waals surface area contributed by atoms with Crippen molar-refractivity contribution in [2.24, 2.45) is 0 Å². The van der Waals surface area contributed by atoms with E-state index in [0.717, 1.165) is 16.4 Å². The lowest BCUT2D eigenvalue weighted by Gasteiger charge is -2.05. The number of aliphatic carboxylic acids is 1. The Morgan fingerprint density at radius 3 is 2.75 bits per heavy atom. The van der Waals surface area contributed by atoms with Gasteiger partial charge in [0, 0.05) is 11.8 Å². The van der Waals surface area contributed by atoms with Crippen LogP contribution in [0.3, 0.4) is 0 Å². The summed E-state index contributed by atoms with van der Waals surface area (Å²) in [5, 5.41) is 14.1. The standard InChI is InChI=1S/C13H16N4O2S/c1-8(2)10-5-12(20-6-13(18)19)17(16-10)11-4-9(3)14-7-15-11/h4-5,7-8H,6H2,1-3H3,(H,18,19). The van der Waals surface area contributed by atoms with E-state index in [0.29, 0.717) is 5.82 Å². The molecule has 0 radical (unpaired) electrons. The topological polar surface area (TPSA) is 80.9 Å². The average molecular weight is 292 g/mol. The number of aryl methyl sites for hydroxylation is 1. The Morgan fingerprint density at radius 2 is 2.15 bits per heavy atom. The summed E-state index contributed by atoms with van der Waals surface area (Å²) >= 11 is 1.23. The minimum atomic E-state index is -0.854. The Balaban J connectivity index is 2.41. The minimum absolute atomic E-state index is 0.00665. The molecule has 0 saturated carbocycles. The van der Waals surface area contributed by atoms with Gasteiger partial charge in [0.1, 0.15) is 11.4 Å². The Hall–Kier alpha value is -1.89. The van der Waals surface area contributed by atoms with Gasteiger partial charge in [-0.3, -0.25) is 4.79 Å². The fourth-order valence-corrected chi connectivity index (χ4v) is 2.35. The molecule has 0 aliphatic rings. The van der Waals surface area contributed by atoms with Crippen molar-refractivity contribution < 1.29 is 9.90 Å². The molecular formula is C13H16N4O2S. The van der Waals surface area contributed by atoms with Crippen LogP contribution in [0.1, 0.15) is 31.2 Å². The van der Waals surface area contributed by atoms with Crippen molar-refractivity contribution in [3.8, 4) is 5.82 Å². The Labute approximate surface area is 121 Å². The van der Waals surface area contributed by atoms with Gasteiger partial charge in [-0.2, -0.15) is 5.10 Å². The number of hydrogen-bond donors (Lipinski definition) is 1. The lowest BCUT2D eigenvalue weighted by Crippen LogP contribution is -2.05. The molecule has 6 nitrogen and oxygen atoms in total. The summed E-state index contributed by atoms with van der Waals surface area (Å²) in [6.07, 6.45) is 1.48. The third-order valence-corrected chi connectivity index (χ3v) is 3.61. The van der Waals surface area contributed by atoms with Crippen molar-refractivity contribution in [3.05, 3.63) is 29.8 Å². The van der Waals surface area contributed by atoms with Gasteiger partial charge in [0.15, 0.2) is 5.82 Å². The van der Waals surface area contributed by atoms with Gasteiger partial charge in [0.2, 0.25) is 0 Å². The number of carbonyl (C=O) groups is 1. The lowest BCUT2D eigenvalue weighted by atomic mass is 10.1. The number of aromatic nitrogens is 4. The second-order valence-corrected chi connectivity index (χ2v) is 5.67. The van der Waals surface area contributed by atoms with Crippen LogP contribution in [0.4, 0.5) is 0 Å². The first kappa shape index (κ1) is 14.5. The van der Waals surface area contributed by atoms with E-state index in [-0.39, 0.29) is 11.7 Å². The summed E-state index contributed by atoms with van der Waals surface area (Å²) < 4.78 is 1.68. The van der Waals surface area contributed by atoms with Crippen molar-refractivity contribution in [1.82, 2.24) is 19.7 Å². The molecule has 0 aliphatic carbocycles. The maximum absolute atomic E-state index is 10.7. The molecule has 0 atom stereocenters. The third-order valence-electron chi connectivity index (χ3n) is 2.64. The predicted octanol–water partition coefficient (Wildman–Crippen LogP) is 2.27. The fraction of sp³-hybridized carbons (Fsp3) is 0.385. The van der Waals surface area contributed by atoms with Gasteiger partial charge in [0.25, 0.3) is 0 Å². The van der Waals surface area contributed by atoms with Crippen LogP contribution in [0.25, 0.3) is 5.82 Å². The van der Waals surface area contributed by atoms with Gasteiger partial charge >= 0.3 is 5.97 Å². The first-order chi connectivity index (χ1) is 9.47. The van der Waals surface area contributed by atoms with Crippen LogP contribution in [0.5, 0.6) is 0 Å². The molecule has 2 rings (SSSR count).